The van der Waals surface area contributed by atoms with Crippen molar-refractivity contribution in [1.29, 1.82) is 0 Å². The molecule has 0 saturated heterocycles. The lowest BCUT2D eigenvalue weighted by Gasteiger charge is -2.33. The predicted molar refractivity (Wildman–Crippen MR) is 271 cm³/mol. The van der Waals surface area contributed by atoms with Crippen LogP contribution in [0, 0.1) is 0 Å². The van der Waals surface area contributed by atoms with Crippen molar-refractivity contribution in [2.24, 2.45) is 0 Å². The van der Waals surface area contributed by atoms with Crippen LogP contribution in [0.4, 0.5) is 34.1 Å². The average molecular weight is 824 g/mol. The number of fused-ring (bicyclic) bond motifs is 8. The number of nitrogens with zero attached hydrogens (tertiary/aromatic N) is 3. The second-order valence-electron chi connectivity index (χ2n) is 18.9. The van der Waals surface area contributed by atoms with Gasteiger partial charge in [0.15, 0.2) is 0 Å². The minimum absolute atomic E-state index is 0.0886. The van der Waals surface area contributed by atoms with E-state index in [1.165, 1.54) is 65.3 Å². The van der Waals surface area contributed by atoms with Crippen molar-refractivity contribution in [3.63, 3.8) is 0 Å². The van der Waals surface area contributed by atoms with Crippen LogP contribution < -0.4 is 20.2 Å². The number of rotatable bonds is 7. The first kappa shape index (κ1) is 38.1. The minimum atomic E-state index is -0.363. The van der Waals surface area contributed by atoms with Crippen molar-refractivity contribution in [3.05, 3.63) is 228 Å². The molecule has 9 aromatic carbocycles. The molecule has 0 saturated carbocycles. The highest BCUT2D eigenvalue weighted by molar-refractivity contribution is 6.16. The van der Waals surface area contributed by atoms with Gasteiger partial charge in [0.1, 0.15) is 0 Å². The van der Waals surface area contributed by atoms with Gasteiger partial charge in [-0.05, 0) is 153 Å². The normalized spacial score (nSPS) is 16.3. The lowest BCUT2D eigenvalue weighted by molar-refractivity contribution is 0.456. The van der Waals surface area contributed by atoms with Crippen molar-refractivity contribution in [2.75, 3.05) is 9.80 Å². The van der Waals surface area contributed by atoms with Crippen LogP contribution in [-0.2, 0) is 11.0 Å². The highest BCUT2D eigenvalue weighted by Crippen LogP contribution is 2.54. The summed E-state index contributed by atoms with van der Waals surface area (Å²) in [6.07, 6.45) is 5.11. The number of hydrogen-bond donors (Lipinski definition) is 0. The molecule has 3 heteroatoms. The molecule has 3 nitrogen and oxygen atoms in total. The van der Waals surface area contributed by atoms with Crippen LogP contribution in [0.3, 0.4) is 0 Å². The smallest absolute Gasteiger partial charge is 0.0718 e. The van der Waals surface area contributed by atoms with Gasteiger partial charge in [0, 0.05) is 50.8 Å². The molecule has 2 aliphatic rings. The Hall–Kier alpha value is -7.62. The van der Waals surface area contributed by atoms with Crippen molar-refractivity contribution in [1.82, 2.24) is 4.57 Å². The summed E-state index contributed by atoms with van der Waals surface area (Å²) in [6, 6.07) is 75.9. The predicted octanol–water partition coefficient (Wildman–Crippen LogP) is 14.9. The second kappa shape index (κ2) is 14.5. The fraction of sp³-hybridized carbons (Fsp3) is 0.115. The van der Waals surface area contributed by atoms with E-state index >= 15 is 0 Å². The Morgan fingerprint density at radius 2 is 1.00 bits per heavy atom. The minimum Gasteiger partial charge on any atom is -0.330 e. The van der Waals surface area contributed by atoms with E-state index < -0.39 is 0 Å². The van der Waals surface area contributed by atoms with Crippen LogP contribution in [-0.4, -0.2) is 4.57 Å². The van der Waals surface area contributed by atoms with Gasteiger partial charge in [-0.15, -0.1) is 0 Å². The molecule has 2 unspecified atom stereocenters. The molecule has 1 aliphatic carbocycles. The van der Waals surface area contributed by atoms with E-state index in [0.29, 0.717) is 0 Å². The highest BCUT2D eigenvalue weighted by atomic mass is 15.1. The average Bonchev–Trinajstić information content (AvgIpc) is 3.78. The second-order valence-corrected chi connectivity index (χ2v) is 18.9. The molecule has 1 aliphatic heterocycles. The Morgan fingerprint density at radius 3 is 1.56 bits per heavy atom. The van der Waals surface area contributed by atoms with Gasteiger partial charge in [-0.2, -0.15) is 0 Å². The number of para-hydroxylation sites is 4. The summed E-state index contributed by atoms with van der Waals surface area (Å²) in [4.78, 5) is 4.72. The summed E-state index contributed by atoms with van der Waals surface area (Å²) in [5.74, 6) is 0.148. The molecule has 0 amide bonds. The van der Waals surface area contributed by atoms with Crippen molar-refractivity contribution in [2.45, 2.75) is 44.6 Å². The standard InChI is InChI=1S/C61H49N3/c1-60(2,3)47-29-25-41(26-30-47)45-36-55-54-35-42-27-31-52(62(48-17-9-5-10-18-48)49-19-11-6-12-20-49)33-44(42)39-58(54)64-59(55)56(37-45)57-38-43-28-32-53(34-46(43)40-61(57,64)4)63(50-21-13-7-14-22-50)51-23-15-8-16-24-51/h5-40,57H,1-4H3. The zero-order chi connectivity index (χ0) is 43.2. The van der Waals surface area contributed by atoms with Gasteiger partial charge in [-0.25, -0.2) is 0 Å². The first-order valence-electron chi connectivity index (χ1n) is 22.5. The maximum absolute atomic E-state index is 2.68. The number of benzene rings is 9. The van der Waals surface area contributed by atoms with E-state index in [1.54, 1.807) is 0 Å². The Bertz CT molecular complexity index is 3450. The number of anilines is 6. The molecule has 2 heterocycles. The molecule has 2 atom stereocenters. The number of aromatic nitrogens is 1. The summed E-state index contributed by atoms with van der Waals surface area (Å²) in [5, 5.41) is 7.57. The van der Waals surface area contributed by atoms with Crippen molar-refractivity contribution >= 4 is 78.9 Å². The van der Waals surface area contributed by atoms with Gasteiger partial charge >= 0.3 is 0 Å². The summed E-state index contributed by atoms with van der Waals surface area (Å²) >= 11 is 0. The molecule has 308 valence electrons. The van der Waals surface area contributed by atoms with E-state index in [-0.39, 0.29) is 16.9 Å². The maximum atomic E-state index is 2.68. The Morgan fingerprint density at radius 1 is 0.453 bits per heavy atom. The lowest BCUT2D eigenvalue weighted by Crippen LogP contribution is -2.40. The third kappa shape index (κ3) is 6.10. The van der Waals surface area contributed by atoms with Crippen molar-refractivity contribution < 1.29 is 0 Å². The molecule has 1 aromatic heterocycles. The van der Waals surface area contributed by atoms with Crippen LogP contribution >= 0.6 is 0 Å². The Balaban J connectivity index is 1.08. The van der Waals surface area contributed by atoms with E-state index in [2.05, 4.69) is 260 Å². The molecular formula is C61H49N3. The third-order valence-electron chi connectivity index (χ3n) is 13.8. The summed E-state index contributed by atoms with van der Waals surface area (Å²) < 4.78 is 2.68. The first-order chi connectivity index (χ1) is 31.2. The highest BCUT2D eigenvalue weighted by Gasteiger charge is 2.44. The van der Waals surface area contributed by atoms with Gasteiger partial charge in [0.2, 0.25) is 0 Å². The largest absolute Gasteiger partial charge is 0.330 e. The Labute approximate surface area is 375 Å². The quantitative estimate of drug-likeness (QED) is 0.159. The molecule has 0 radical (unpaired) electrons. The van der Waals surface area contributed by atoms with Crippen molar-refractivity contribution in [3.8, 4) is 11.1 Å². The fourth-order valence-corrected chi connectivity index (χ4v) is 10.7. The molecule has 0 N–H and O–H groups in total. The monoisotopic (exact) mass is 823 g/mol. The van der Waals surface area contributed by atoms with E-state index in [9.17, 15) is 0 Å². The summed E-state index contributed by atoms with van der Waals surface area (Å²) in [5.41, 5.74) is 14.4. The van der Waals surface area contributed by atoms with Crippen LogP contribution in [0.15, 0.2) is 206 Å². The number of hydrogen-bond acceptors (Lipinski definition) is 2. The zero-order valence-corrected chi connectivity index (χ0v) is 36.7. The molecule has 12 rings (SSSR count). The van der Waals surface area contributed by atoms with E-state index in [1.807, 2.05) is 0 Å². The fourth-order valence-electron chi connectivity index (χ4n) is 10.7. The molecule has 64 heavy (non-hydrogen) atoms. The first-order valence-corrected chi connectivity index (χ1v) is 22.5. The third-order valence-corrected chi connectivity index (χ3v) is 13.8. The summed E-state index contributed by atoms with van der Waals surface area (Å²) in [6.45, 7) is 9.32. The zero-order valence-electron chi connectivity index (χ0n) is 36.7. The molecule has 10 aromatic rings. The van der Waals surface area contributed by atoms with Gasteiger partial charge in [0.25, 0.3) is 0 Å². The van der Waals surface area contributed by atoms with Crippen LogP contribution in [0.5, 0.6) is 0 Å². The SMILES string of the molecule is CC(C)(C)c1ccc(-c2cc3c4c(c2)c2cc5ccc(N(c6ccccc6)c6ccccc6)cc5cc2n4C2(C)C=c4cc(N(c5ccccc5)c5ccccc5)ccc4=CC32)cc1. The van der Waals surface area contributed by atoms with Gasteiger partial charge in [-0.3, -0.25) is 0 Å². The molecular weight excluding hydrogens is 775 g/mol. The van der Waals surface area contributed by atoms with Gasteiger partial charge in [0.05, 0.1) is 16.6 Å². The Kier molecular flexibility index (Phi) is 8.61. The van der Waals surface area contributed by atoms with E-state index in [0.717, 1.165) is 34.1 Å². The van der Waals surface area contributed by atoms with Crippen LogP contribution in [0.1, 0.15) is 44.7 Å². The maximum Gasteiger partial charge on any atom is 0.0718 e. The van der Waals surface area contributed by atoms with E-state index in [4.69, 9.17) is 0 Å². The van der Waals surface area contributed by atoms with Crippen LogP contribution in [0.2, 0.25) is 0 Å². The summed E-state index contributed by atoms with van der Waals surface area (Å²) in [7, 11) is 0. The molecule has 0 bridgehead atoms. The molecule has 0 spiro atoms. The molecule has 0 fully saturated rings. The van der Waals surface area contributed by atoms with Crippen LogP contribution in [0.25, 0.3) is 55.9 Å². The van der Waals surface area contributed by atoms with Gasteiger partial charge < -0.3 is 14.4 Å². The van der Waals surface area contributed by atoms with Gasteiger partial charge in [-0.1, -0.05) is 142 Å². The lowest BCUT2D eigenvalue weighted by atomic mass is 9.78. The topological polar surface area (TPSA) is 11.4 Å².